The molecule has 0 N–H and O–H groups in total. The van der Waals surface area contributed by atoms with Crippen LogP contribution in [-0.2, 0) is 20.9 Å². The Morgan fingerprint density at radius 3 is 2.73 bits per heavy atom. The van der Waals surface area contributed by atoms with Gasteiger partial charge in [0.05, 0.1) is 12.2 Å². The lowest BCUT2D eigenvalue weighted by atomic mass is 9.86. The quantitative estimate of drug-likeness (QED) is 0.517. The average Bonchev–Trinajstić information content (AvgIpc) is 3.30. The minimum Gasteiger partial charge on any atom is -0.456 e. The van der Waals surface area contributed by atoms with E-state index in [9.17, 15) is 9.59 Å². The van der Waals surface area contributed by atoms with E-state index >= 15 is 0 Å². The lowest BCUT2D eigenvalue weighted by Gasteiger charge is -2.20. The zero-order valence-corrected chi connectivity index (χ0v) is 18.2. The molecule has 0 spiro atoms. The molecule has 0 saturated heterocycles. The van der Waals surface area contributed by atoms with Crippen molar-refractivity contribution < 1.29 is 14.3 Å². The molecule has 0 aliphatic heterocycles. The summed E-state index contributed by atoms with van der Waals surface area (Å²) >= 11 is 0. The van der Waals surface area contributed by atoms with Crippen molar-refractivity contribution in [2.24, 2.45) is 17.8 Å². The average molecular weight is 412 g/mol. The normalized spacial score (nSPS) is 27.7. The molecule has 4 rings (SSSR count). The van der Waals surface area contributed by atoms with Crippen LogP contribution in [0.5, 0.6) is 0 Å². The number of hydrogen-bond acceptors (Lipinski definition) is 5. The SMILES string of the molecule is C=C(C(=O)OCc1cn(C2CCCCC2)nn1)[C@@H]1CC[C@H](C)[C@@H]2CC(=O)C(C)=C2C1. The van der Waals surface area contributed by atoms with Gasteiger partial charge in [0.25, 0.3) is 0 Å². The van der Waals surface area contributed by atoms with Crippen molar-refractivity contribution in [2.75, 3.05) is 0 Å². The van der Waals surface area contributed by atoms with Crippen molar-refractivity contribution in [3.63, 3.8) is 0 Å². The zero-order chi connectivity index (χ0) is 21.3. The molecule has 3 aliphatic rings. The van der Waals surface area contributed by atoms with Gasteiger partial charge in [-0.15, -0.1) is 5.10 Å². The first kappa shape index (κ1) is 21.0. The molecule has 1 heterocycles. The Bertz CT molecular complexity index is 863. The highest BCUT2D eigenvalue weighted by Crippen LogP contribution is 2.45. The van der Waals surface area contributed by atoms with Gasteiger partial charge in [-0.3, -0.25) is 4.79 Å². The Morgan fingerprint density at radius 1 is 1.20 bits per heavy atom. The number of nitrogens with zero attached hydrogens (tertiary/aromatic N) is 3. The van der Waals surface area contributed by atoms with E-state index < -0.39 is 0 Å². The van der Waals surface area contributed by atoms with E-state index in [0.29, 0.717) is 35.6 Å². The molecule has 0 bridgehead atoms. The molecule has 2 fully saturated rings. The number of Topliss-reactive ketones (excluding diaryl/α,β-unsaturated/α-hetero) is 1. The summed E-state index contributed by atoms with van der Waals surface area (Å²) < 4.78 is 7.46. The summed E-state index contributed by atoms with van der Waals surface area (Å²) in [5.41, 5.74) is 3.33. The van der Waals surface area contributed by atoms with Crippen molar-refractivity contribution in [2.45, 2.75) is 84.3 Å². The van der Waals surface area contributed by atoms with Crippen LogP contribution in [0.25, 0.3) is 0 Å². The van der Waals surface area contributed by atoms with Crippen molar-refractivity contribution in [3.8, 4) is 0 Å². The van der Waals surface area contributed by atoms with E-state index in [0.717, 1.165) is 37.7 Å². The van der Waals surface area contributed by atoms with Gasteiger partial charge in [-0.05, 0) is 62.4 Å². The van der Waals surface area contributed by atoms with Gasteiger partial charge in [-0.25, -0.2) is 9.48 Å². The fraction of sp³-hybridized carbons (Fsp3) is 0.667. The maximum atomic E-state index is 12.7. The highest BCUT2D eigenvalue weighted by atomic mass is 16.5. The number of carbonyl (C=O) groups is 2. The molecule has 2 saturated carbocycles. The van der Waals surface area contributed by atoms with Crippen LogP contribution in [0, 0.1) is 17.8 Å². The van der Waals surface area contributed by atoms with Crippen LogP contribution in [0.1, 0.15) is 83.4 Å². The lowest BCUT2D eigenvalue weighted by molar-refractivity contribution is -0.141. The Kier molecular flexibility index (Phi) is 6.21. The molecule has 3 aliphatic carbocycles. The summed E-state index contributed by atoms with van der Waals surface area (Å²) in [5.74, 6) is 0.738. The van der Waals surface area contributed by atoms with Crippen LogP contribution in [0.3, 0.4) is 0 Å². The second-order valence-electron chi connectivity index (χ2n) is 9.42. The molecule has 0 radical (unpaired) electrons. The van der Waals surface area contributed by atoms with Gasteiger partial charge in [0.2, 0.25) is 0 Å². The Labute approximate surface area is 178 Å². The van der Waals surface area contributed by atoms with Gasteiger partial charge >= 0.3 is 5.97 Å². The highest BCUT2D eigenvalue weighted by Gasteiger charge is 2.38. The number of hydrogen-bond donors (Lipinski definition) is 0. The number of ketones is 1. The Morgan fingerprint density at radius 2 is 1.97 bits per heavy atom. The third-order valence-corrected chi connectivity index (χ3v) is 7.49. The molecule has 30 heavy (non-hydrogen) atoms. The zero-order valence-electron chi connectivity index (χ0n) is 18.2. The smallest absolute Gasteiger partial charge is 0.334 e. The maximum Gasteiger partial charge on any atom is 0.334 e. The molecular formula is C24H33N3O3. The van der Waals surface area contributed by atoms with Crippen LogP contribution < -0.4 is 0 Å². The predicted octanol–water partition coefficient (Wildman–Crippen LogP) is 4.72. The molecule has 0 aromatic carbocycles. The van der Waals surface area contributed by atoms with Crippen molar-refractivity contribution >= 4 is 11.8 Å². The van der Waals surface area contributed by atoms with Crippen molar-refractivity contribution in [1.82, 2.24) is 15.0 Å². The van der Waals surface area contributed by atoms with Gasteiger partial charge in [0.1, 0.15) is 12.3 Å². The van der Waals surface area contributed by atoms with Crippen LogP contribution in [-0.4, -0.2) is 26.7 Å². The maximum absolute atomic E-state index is 12.7. The summed E-state index contributed by atoms with van der Waals surface area (Å²) in [6, 6.07) is 0.414. The van der Waals surface area contributed by atoms with Gasteiger partial charge in [0, 0.05) is 12.0 Å². The Hall–Kier alpha value is -2.24. The van der Waals surface area contributed by atoms with Crippen molar-refractivity contribution in [1.29, 1.82) is 0 Å². The lowest BCUT2D eigenvalue weighted by Crippen LogP contribution is -2.16. The summed E-state index contributed by atoms with van der Waals surface area (Å²) in [6.07, 6.45) is 11.2. The summed E-state index contributed by atoms with van der Waals surface area (Å²) in [4.78, 5) is 24.9. The monoisotopic (exact) mass is 411 g/mol. The van der Waals surface area contributed by atoms with E-state index in [1.54, 1.807) is 0 Å². The molecule has 0 unspecified atom stereocenters. The first-order valence-electron chi connectivity index (χ1n) is 11.4. The van der Waals surface area contributed by atoms with E-state index in [4.69, 9.17) is 4.74 Å². The molecule has 1 aromatic heterocycles. The number of ether oxygens (including phenoxy) is 1. The van der Waals surface area contributed by atoms with E-state index in [1.807, 2.05) is 17.8 Å². The fourth-order valence-electron chi connectivity index (χ4n) is 5.41. The third kappa shape index (κ3) is 4.28. The minimum atomic E-state index is -0.360. The van der Waals surface area contributed by atoms with E-state index in [1.165, 1.54) is 24.8 Å². The molecule has 6 nitrogen and oxygen atoms in total. The van der Waals surface area contributed by atoms with E-state index in [2.05, 4.69) is 23.8 Å². The molecule has 3 atom stereocenters. The van der Waals surface area contributed by atoms with Crippen LogP contribution in [0.15, 0.2) is 29.5 Å². The second-order valence-corrected chi connectivity index (χ2v) is 9.42. The summed E-state index contributed by atoms with van der Waals surface area (Å²) in [7, 11) is 0. The summed E-state index contributed by atoms with van der Waals surface area (Å²) in [5, 5.41) is 8.42. The predicted molar refractivity (Wildman–Crippen MR) is 113 cm³/mol. The number of esters is 1. The number of fused-ring (bicyclic) bond motifs is 1. The van der Waals surface area contributed by atoms with Crippen molar-refractivity contribution in [3.05, 3.63) is 35.2 Å². The van der Waals surface area contributed by atoms with Gasteiger partial charge in [-0.2, -0.15) is 0 Å². The Balaban J connectivity index is 1.35. The van der Waals surface area contributed by atoms with Crippen LogP contribution >= 0.6 is 0 Å². The summed E-state index contributed by atoms with van der Waals surface area (Å²) in [6.45, 7) is 8.34. The number of aromatic nitrogens is 3. The van der Waals surface area contributed by atoms with Gasteiger partial charge in [-0.1, -0.05) is 43.6 Å². The molecule has 6 heteroatoms. The fourth-order valence-corrected chi connectivity index (χ4v) is 5.41. The van der Waals surface area contributed by atoms with E-state index in [-0.39, 0.29) is 24.3 Å². The highest BCUT2D eigenvalue weighted by molar-refractivity contribution is 5.98. The van der Waals surface area contributed by atoms with Gasteiger partial charge < -0.3 is 4.74 Å². The molecular weight excluding hydrogens is 378 g/mol. The standard InChI is InChI=1S/C24H33N3O3/c1-15-9-10-18(11-22-17(3)23(28)12-21(15)22)16(2)24(29)30-14-19-13-27(26-25-19)20-7-5-4-6-8-20/h13,15,18,20-21H,2,4-12,14H2,1,3H3/t15-,18+,21-/m0/s1. The topological polar surface area (TPSA) is 74.1 Å². The first-order chi connectivity index (χ1) is 14.4. The minimum absolute atomic E-state index is 0.0405. The molecule has 1 aromatic rings. The van der Waals surface area contributed by atoms with Crippen LogP contribution in [0.4, 0.5) is 0 Å². The second kappa shape index (κ2) is 8.86. The van der Waals surface area contributed by atoms with Gasteiger partial charge in [0.15, 0.2) is 5.78 Å². The number of rotatable bonds is 5. The first-order valence-corrected chi connectivity index (χ1v) is 11.4. The molecule has 162 valence electrons. The number of allylic oxidation sites excluding steroid dienone is 2. The molecule has 0 amide bonds. The number of carbonyl (C=O) groups excluding carboxylic acids is 2. The third-order valence-electron chi connectivity index (χ3n) is 7.49. The largest absolute Gasteiger partial charge is 0.456 e. The van der Waals surface area contributed by atoms with Crippen LogP contribution in [0.2, 0.25) is 0 Å².